The van der Waals surface area contributed by atoms with Crippen LogP contribution in [0.5, 0.6) is 0 Å². The zero-order chi connectivity index (χ0) is 11.3. The zero-order valence-electron chi connectivity index (χ0n) is 10.9. The van der Waals surface area contributed by atoms with Crippen molar-refractivity contribution in [2.75, 3.05) is 19.6 Å². The van der Waals surface area contributed by atoms with Crippen LogP contribution in [0.2, 0.25) is 0 Å². The second-order valence-electron chi connectivity index (χ2n) is 5.37. The van der Waals surface area contributed by atoms with Gasteiger partial charge in [-0.05, 0) is 38.6 Å². The summed E-state index contributed by atoms with van der Waals surface area (Å²) in [6, 6.07) is 1.58. The van der Waals surface area contributed by atoms with Gasteiger partial charge < -0.3 is 5.32 Å². The van der Waals surface area contributed by atoms with E-state index in [2.05, 4.69) is 37.9 Å². The van der Waals surface area contributed by atoms with E-state index in [0.29, 0.717) is 0 Å². The van der Waals surface area contributed by atoms with Crippen molar-refractivity contribution in [3.63, 3.8) is 0 Å². The topological polar surface area (TPSA) is 15.3 Å². The lowest BCUT2D eigenvalue weighted by Gasteiger charge is -2.42. The van der Waals surface area contributed by atoms with Gasteiger partial charge in [0.2, 0.25) is 0 Å². The SMILES string of the molecule is CCCN(C(C)CCC(C)C)C1CNC1. The van der Waals surface area contributed by atoms with Gasteiger partial charge in [0.25, 0.3) is 0 Å². The van der Waals surface area contributed by atoms with Gasteiger partial charge in [-0.3, -0.25) is 4.90 Å². The maximum absolute atomic E-state index is 3.38. The lowest BCUT2D eigenvalue weighted by Crippen LogP contribution is -2.59. The van der Waals surface area contributed by atoms with E-state index >= 15 is 0 Å². The molecule has 0 aliphatic carbocycles. The second-order valence-corrected chi connectivity index (χ2v) is 5.37. The molecule has 0 radical (unpaired) electrons. The minimum absolute atomic E-state index is 0.763. The molecular formula is C13H28N2. The summed E-state index contributed by atoms with van der Waals surface area (Å²) in [6.07, 6.45) is 4.00. The van der Waals surface area contributed by atoms with Gasteiger partial charge in [-0.2, -0.15) is 0 Å². The van der Waals surface area contributed by atoms with E-state index in [4.69, 9.17) is 0 Å². The molecule has 1 atom stereocenters. The molecule has 1 unspecified atom stereocenters. The highest BCUT2D eigenvalue weighted by Gasteiger charge is 2.27. The van der Waals surface area contributed by atoms with Crippen LogP contribution in [0.3, 0.4) is 0 Å². The summed E-state index contributed by atoms with van der Waals surface area (Å²) in [5, 5.41) is 3.38. The van der Waals surface area contributed by atoms with Gasteiger partial charge in [0.05, 0.1) is 0 Å². The monoisotopic (exact) mass is 212 g/mol. The Morgan fingerprint density at radius 1 is 1.20 bits per heavy atom. The summed E-state index contributed by atoms with van der Waals surface area (Å²) in [5.74, 6) is 0.843. The first-order chi connectivity index (χ1) is 7.15. The molecule has 1 saturated heterocycles. The molecule has 0 aromatic rings. The molecule has 0 spiro atoms. The van der Waals surface area contributed by atoms with E-state index in [0.717, 1.165) is 18.0 Å². The van der Waals surface area contributed by atoms with Crippen LogP contribution in [0.4, 0.5) is 0 Å². The molecule has 0 aromatic carbocycles. The standard InChI is InChI=1S/C13H28N2/c1-5-8-15(13-9-14-10-13)12(4)7-6-11(2)3/h11-14H,5-10H2,1-4H3. The molecule has 0 aromatic heterocycles. The van der Waals surface area contributed by atoms with E-state index in [1.54, 1.807) is 0 Å². The van der Waals surface area contributed by atoms with Gasteiger partial charge in [-0.1, -0.05) is 20.8 Å². The molecule has 1 heterocycles. The van der Waals surface area contributed by atoms with E-state index in [1.807, 2.05) is 0 Å². The van der Waals surface area contributed by atoms with Crippen molar-refractivity contribution < 1.29 is 0 Å². The molecule has 1 rings (SSSR count). The molecule has 90 valence electrons. The number of rotatable bonds is 7. The molecule has 15 heavy (non-hydrogen) atoms. The summed E-state index contributed by atoms with van der Waals surface area (Å²) >= 11 is 0. The van der Waals surface area contributed by atoms with Gasteiger partial charge >= 0.3 is 0 Å². The third-order valence-corrected chi connectivity index (χ3v) is 3.44. The lowest BCUT2D eigenvalue weighted by atomic mass is 10.0. The first-order valence-electron chi connectivity index (χ1n) is 6.61. The Kier molecular flexibility index (Phi) is 5.62. The lowest BCUT2D eigenvalue weighted by molar-refractivity contribution is 0.0952. The Balaban J connectivity index is 2.32. The summed E-state index contributed by atoms with van der Waals surface area (Å²) < 4.78 is 0. The quantitative estimate of drug-likeness (QED) is 0.697. The number of nitrogens with zero attached hydrogens (tertiary/aromatic N) is 1. The minimum Gasteiger partial charge on any atom is -0.314 e. The van der Waals surface area contributed by atoms with Crippen LogP contribution in [0.15, 0.2) is 0 Å². The molecule has 1 aliphatic heterocycles. The Morgan fingerprint density at radius 2 is 1.87 bits per heavy atom. The predicted octanol–water partition coefficient (Wildman–Crippen LogP) is 2.49. The van der Waals surface area contributed by atoms with Crippen LogP contribution in [0.25, 0.3) is 0 Å². The third kappa shape index (κ3) is 4.12. The van der Waals surface area contributed by atoms with Gasteiger partial charge in [-0.15, -0.1) is 0 Å². The minimum atomic E-state index is 0.763. The average molecular weight is 212 g/mol. The van der Waals surface area contributed by atoms with E-state index in [9.17, 15) is 0 Å². The van der Waals surface area contributed by atoms with Crippen molar-refractivity contribution in [3.05, 3.63) is 0 Å². The number of hydrogen-bond acceptors (Lipinski definition) is 2. The van der Waals surface area contributed by atoms with Crippen LogP contribution < -0.4 is 5.32 Å². The number of hydrogen-bond donors (Lipinski definition) is 1. The van der Waals surface area contributed by atoms with Gasteiger partial charge in [-0.25, -0.2) is 0 Å². The van der Waals surface area contributed by atoms with Crippen molar-refractivity contribution in [3.8, 4) is 0 Å². The average Bonchev–Trinajstić information content (AvgIpc) is 2.10. The smallest absolute Gasteiger partial charge is 0.0348 e. The summed E-state index contributed by atoms with van der Waals surface area (Å²) in [4.78, 5) is 2.71. The fourth-order valence-electron chi connectivity index (χ4n) is 2.27. The largest absolute Gasteiger partial charge is 0.314 e. The maximum atomic E-state index is 3.38. The van der Waals surface area contributed by atoms with E-state index < -0.39 is 0 Å². The Bertz CT molecular complexity index is 164. The van der Waals surface area contributed by atoms with Crippen LogP contribution in [0.1, 0.15) is 47.0 Å². The van der Waals surface area contributed by atoms with Crippen molar-refractivity contribution in [2.24, 2.45) is 5.92 Å². The molecule has 1 fully saturated rings. The molecule has 1 N–H and O–H groups in total. The fourth-order valence-corrected chi connectivity index (χ4v) is 2.27. The Labute approximate surface area is 95.4 Å². The van der Waals surface area contributed by atoms with Crippen molar-refractivity contribution in [1.29, 1.82) is 0 Å². The highest BCUT2D eigenvalue weighted by Crippen LogP contribution is 2.16. The molecule has 0 saturated carbocycles. The fraction of sp³-hybridized carbons (Fsp3) is 1.00. The van der Waals surface area contributed by atoms with E-state index in [-0.39, 0.29) is 0 Å². The van der Waals surface area contributed by atoms with Crippen molar-refractivity contribution in [1.82, 2.24) is 10.2 Å². The van der Waals surface area contributed by atoms with Crippen LogP contribution >= 0.6 is 0 Å². The predicted molar refractivity (Wildman–Crippen MR) is 67.2 cm³/mol. The van der Waals surface area contributed by atoms with Crippen LogP contribution in [-0.2, 0) is 0 Å². The van der Waals surface area contributed by atoms with Gasteiger partial charge in [0.15, 0.2) is 0 Å². The summed E-state index contributed by atoms with van der Waals surface area (Å²) in [7, 11) is 0. The Hall–Kier alpha value is -0.0800. The molecule has 0 bridgehead atoms. The van der Waals surface area contributed by atoms with E-state index in [1.165, 1.54) is 38.9 Å². The van der Waals surface area contributed by atoms with Crippen molar-refractivity contribution in [2.45, 2.75) is 59.0 Å². The molecule has 2 nitrogen and oxygen atoms in total. The van der Waals surface area contributed by atoms with Gasteiger partial charge in [0, 0.05) is 25.2 Å². The molecule has 1 aliphatic rings. The zero-order valence-corrected chi connectivity index (χ0v) is 10.9. The summed E-state index contributed by atoms with van der Waals surface area (Å²) in [5.41, 5.74) is 0. The molecule has 0 amide bonds. The summed E-state index contributed by atoms with van der Waals surface area (Å²) in [6.45, 7) is 13.0. The van der Waals surface area contributed by atoms with Crippen LogP contribution in [-0.4, -0.2) is 36.6 Å². The first-order valence-corrected chi connectivity index (χ1v) is 6.61. The van der Waals surface area contributed by atoms with Crippen molar-refractivity contribution >= 4 is 0 Å². The highest BCUT2D eigenvalue weighted by atomic mass is 15.2. The highest BCUT2D eigenvalue weighted by molar-refractivity contribution is 4.87. The normalized spacial score (nSPS) is 19.6. The first kappa shape index (κ1) is 13.0. The third-order valence-electron chi connectivity index (χ3n) is 3.44. The molecular weight excluding hydrogens is 184 g/mol. The maximum Gasteiger partial charge on any atom is 0.0348 e. The van der Waals surface area contributed by atoms with Crippen LogP contribution in [0, 0.1) is 5.92 Å². The Morgan fingerprint density at radius 3 is 2.27 bits per heavy atom. The van der Waals surface area contributed by atoms with Gasteiger partial charge in [0.1, 0.15) is 0 Å². The second kappa shape index (κ2) is 6.49. The molecule has 2 heteroatoms. The number of nitrogens with one attached hydrogen (secondary N) is 1.